The third-order valence-corrected chi connectivity index (χ3v) is 4.43. The molecular weight excluding hydrogens is 292 g/mol. The molecule has 0 aromatic heterocycles. The van der Waals surface area contributed by atoms with Crippen molar-refractivity contribution in [2.75, 3.05) is 25.5 Å². The number of hydrogen-bond donors (Lipinski definition) is 1. The molecule has 1 atom stereocenters. The SMILES string of the molecule is COc1ccc(NC2CCN(C3CC3)C2)cc1Br. The minimum Gasteiger partial charge on any atom is -0.496 e. The van der Waals surface area contributed by atoms with Crippen LogP contribution in [0.2, 0.25) is 0 Å². The largest absolute Gasteiger partial charge is 0.496 e. The number of halogens is 1. The maximum absolute atomic E-state index is 5.24. The van der Waals surface area contributed by atoms with Crippen LogP contribution in [-0.2, 0) is 0 Å². The van der Waals surface area contributed by atoms with Crippen molar-refractivity contribution in [2.45, 2.75) is 31.3 Å². The molecule has 1 unspecified atom stereocenters. The third-order valence-electron chi connectivity index (χ3n) is 3.81. The van der Waals surface area contributed by atoms with Gasteiger partial charge in [0, 0.05) is 30.9 Å². The van der Waals surface area contributed by atoms with Crippen LogP contribution in [0.5, 0.6) is 5.75 Å². The van der Waals surface area contributed by atoms with Crippen molar-refractivity contribution < 1.29 is 4.74 Å². The Hall–Kier alpha value is -0.740. The molecule has 1 aromatic carbocycles. The summed E-state index contributed by atoms with van der Waals surface area (Å²) in [5.41, 5.74) is 1.17. The molecule has 1 saturated carbocycles. The van der Waals surface area contributed by atoms with Crippen LogP contribution in [0.15, 0.2) is 22.7 Å². The molecule has 1 aliphatic heterocycles. The highest BCUT2D eigenvalue weighted by atomic mass is 79.9. The van der Waals surface area contributed by atoms with Crippen molar-refractivity contribution in [3.63, 3.8) is 0 Å². The first kappa shape index (κ1) is 12.3. The molecule has 2 aliphatic rings. The van der Waals surface area contributed by atoms with Gasteiger partial charge < -0.3 is 10.1 Å². The van der Waals surface area contributed by atoms with E-state index in [1.165, 1.54) is 38.0 Å². The minimum atomic E-state index is 0.589. The lowest BCUT2D eigenvalue weighted by atomic mass is 10.2. The molecule has 1 aromatic rings. The second-order valence-corrected chi connectivity index (χ2v) is 6.06. The van der Waals surface area contributed by atoms with E-state index in [1.54, 1.807) is 7.11 Å². The first-order valence-corrected chi connectivity index (χ1v) is 7.39. The highest BCUT2D eigenvalue weighted by molar-refractivity contribution is 9.10. The molecule has 1 N–H and O–H groups in total. The van der Waals surface area contributed by atoms with E-state index >= 15 is 0 Å². The van der Waals surface area contributed by atoms with Gasteiger partial charge in [-0.1, -0.05) is 0 Å². The summed E-state index contributed by atoms with van der Waals surface area (Å²) in [5, 5.41) is 3.62. The van der Waals surface area contributed by atoms with Crippen molar-refractivity contribution in [2.24, 2.45) is 0 Å². The van der Waals surface area contributed by atoms with Crippen LogP contribution < -0.4 is 10.1 Å². The van der Waals surface area contributed by atoms with E-state index in [1.807, 2.05) is 6.07 Å². The van der Waals surface area contributed by atoms with Gasteiger partial charge >= 0.3 is 0 Å². The summed E-state index contributed by atoms with van der Waals surface area (Å²) in [6, 6.07) is 7.66. The molecule has 1 saturated heterocycles. The Morgan fingerprint density at radius 2 is 2.17 bits per heavy atom. The smallest absolute Gasteiger partial charge is 0.133 e. The average Bonchev–Trinajstić information content (AvgIpc) is 3.11. The Bertz CT molecular complexity index is 434. The highest BCUT2D eigenvalue weighted by Gasteiger charge is 2.34. The van der Waals surface area contributed by atoms with Gasteiger partial charge in [-0.25, -0.2) is 0 Å². The number of likely N-dealkylation sites (tertiary alicyclic amines) is 1. The van der Waals surface area contributed by atoms with E-state index in [0.717, 1.165) is 16.3 Å². The molecule has 98 valence electrons. The summed E-state index contributed by atoms with van der Waals surface area (Å²) in [4.78, 5) is 2.62. The number of rotatable bonds is 4. The predicted molar refractivity (Wildman–Crippen MR) is 77.3 cm³/mol. The van der Waals surface area contributed by atoms with Gasteiger partial charge in [-0.05, 0) is 53.4 Å². The number of nitrogens with one attached hydrogen (secondary N) is 1. The lowest BCUT2D eigenvalue weighted by Gasteiger charge is -2.17. The van der Waals surface area contributed by atoms with Crippen molar-refractivity contribution in [1.29, 1.82) is 0 Å². The van der Waals surface area contributed by atoms with Crippen LogP contribution in [0.4, 0.5) is 5.69 Å². The van der Waals surface area contributed by atoms with Crippen LogP contribution >= 0.6 is 15.9 Å². The van der Waals surface area contributed by atoms with Crippen molar-refractivity contribution in [3.05, 3.63) is 22.7 Å². The Morgan fingerprint density at radius 3 is 2.83 bits per heavy atom. The van der Waals surface area contributed by atoms with Crippen molar-refractivity contribution >= 4 is 21.6 Å². The quantitative estimate of drug-likeness (QED) is 0.925. The summed E-state index contributed by atoms with van der Waals surface area (Å²) < 4.78 is 6.25. The van der Waals surface area contributed by atoms with Gasteiger partial charge in [0.25, 0.3) is 0 Å². The predicted octanol–water partition coefficient (Wildman–Crippen LogP) is 3.11. The van der Waals surface area contributed by atoms with E-state index in [0.29, 0.717) is 6.04 Å². The van der Waals surface area contributed by atoms with Gasteiger partial charge in [0.2, 0.25) is 0 Å². The van der Waals surface area contributed by atoms with E-state index in [9.17, 15) is 0 Å². The highest BCUT2D eigenvalue weighted by Crippen LogP contribution is 2.32. The maximum atomic E-state index is 5.24. The first-order chi connectivity index (χ1) is 8.76. The number of ether oxygens (including phenoxy) is 1. The first-order valence-electron chi connectivity index (χ1n) is 6.60. The van der Waals surface area contributed by atoms with Gasteiger partial charge in [-0.15, -0.1) is 0 Å². The zero-order valence-corrected chi connectivity index (χ0v) is 12.2. The lowest BCUT2D eigenvalue weighted by Crippen LogP contribution is -2.27. The lowest BCUT2D eigenvalue weighted by molar-refractivity contribution is 0.326. The fourth-order valence-corrected chi connectivity index (χ4v) is 3.21. The summed E-state index contributed by atoms with van der Waals surface area (Å²) >= 11 is 3.53. The molecule has 0 bridgehead atoms. The van der Waals surface area contributed by atoms with Crippen LogP contribution in [0.25, 0.3) is 0 Å². The molecule has 3 rings (SSSR count). The maximum Gasteiger partial charge on any atom is 0.133 e. The number of hydrogen-bond acceptors (Lipinski definition) is 3. The number of benzene rings is 1. The molecule has 2 fully saturated rings. The number of anilines is 1. The zero-order chi connectivity index (χ0) is 12.5. The van der Waals surface area contributed by atoms with Gasteiger partial charge in [-0.2, -0.15) is 0 Å². The van der Waals surface area contributed by atoms with Gasteiger partial charge in [0.15, 0.2) is 0 Å². The van der Waals surface area contributed by atoms with Crippen LogP contribution in [0, 0.1) is 0 Å². The molecule has 1 aliphatic carbocycles. The standard InChI is InChI=1S/C14H19BrN2O/c1-18-14-5-2-10(8-13(14)15)16-11-6-7-17(9-11)12-3-4-12/h2,5,8,11-12,16H,3-4,6-7,9H2,1H3. The molecule has 1 heterocycles. The fraction of sp³-hybridized carbons (Fsp3) is 0.571. The van der Waals surface area contributed by atoms with Gasteiger partial charge in [0.05, 0.1) is 11.6 Å². The Labute approximate surface area is 117 Å². The molecule has 0 amide bonds. The second-order valence-electron chi connectivity index (χ2n) is 5.21. The summed E-state index contributed by atoms with van der Waals surface area (Å²) in [6.07, 6.45) is 4.06. The van der Waals surface area contributed by atoms with Crippen LogP contribution in [0.1, 0.15) is 19.3 Å². The van der Waals surface area contributed by atoms with Crippen molar-refractivity contribution in [1.82, 2.24) is 4.90 Å². The van der Waals surface area contributed by atoms with E-state index in [4.69, 9.17) is 4.74 Å². The number of methoxy groups -OCH3 is 1. The van der Waals surface area contributed by atoms with Crippen LogP contribution in [0.3, 0.4) is 0 Å². The number of nitrogens with zero attached hydrogens (tertiary/aromatic N) is 1. The van der Waals surface area contributed by atoms with E-state index < -0.39 is 0 Å². The minimum absolute atomic E-state index is 0.589. The summed E-state index contributed by atoms with van der Waals surface area (Å²) in [7, 11) is 1.69. The molecule has 18 heavy (non-hydrogen) atoms. The molecular formula is C14H19BrN2O. The fourth-order valence-electron chi connectivity index (χ4n) is 2.67. The normalized spacial score (nSPS) is 24.2. The second kappa shape index (κ2) is 5.10. The molecule has 3 nitrogen and oxygen atoms in total. The summed E-state index contributed by atoms with van der Waals surface area (Å²) in [5.74, 6) is 0.881. The van der Waals surface area contributed by atoms with Crippen LogP contribution in [-0.4, -0.2) is 37.2 Å². The Morgan fingerprint density at radius 1 is 1.33 bits per heavy atom. The molecule has 4 heteroatoms. The van der Waals surface area contributed by atoms with E-state index in [-0.39, 0.29) is 0 Å². The topological polar surface area (TPSA) is 24.5 Å². The van der Waals surface area contributed by atoms with Gasteiger partial charge in [0.1, 0.15) is 5.75 Å². The van der Waals surface area contributed by atoms with Gasteiger partial charge in [-0.3, -0.25) is 4.90 Å². The molecule has 0 spiro atoms. The summed E-state index contributed by atoms with van der Waals surface area (Å²) in [6.45, 7) is 2.44. The van der Waals surface area contributed by atoms with Crippen molar-refractivity contribution in [3.8, 4) is 5.75 Å². The Kier molecular flexibility index (Phi) is 3.48. The third kappa shape index (κ3) is 2.64. The van der Waals surface area contributed by atoms with E-state index in [2.05, 4.69) is 38.3 Å². The molecule has 0 radical (unpaired) electrons. The monoisotopic (exact) mass is 310 g/mol. The Balaban J connectivity index is 1.60. The zero-order valence-electron chi connectivity index (χ0n) is 10.7. The average molecular weight is 311 g/mol.